The van der Waals surface area contributed by atoms with Crippen LogP contribution in [0.15, 0.2) is 34.2 Å². The van der Waals surface area contributed by atoms with Gasteiger partial charge in [0.1, 0.15) is 5.02 Å². The van der Waals surface area contributed by atoms with Gasteiger partial charge < -0.3 is 15.4 Å². The third-order valence-corrected chi connectivity index (χ3v) is 4.29. The van der Waals surface area contributed by atoms with Crippen LogP contribution in [0.5, 0.6) is 0 Å². The van der Waals surface area contributed by atoms with Crippen molar-refractivity contribution >= 4 is 40.8 Å². The highest BCUT2D eigenvalue weighted by Gasteiger charge is 2.12. The number of halogens is 2. The van der Waals surface area contributed by atoms with Gasteiger partial charge in [-0.2, -0.15) is 0 Å². The molecule has 5 nitrogen and oxygen atoms in total. The van der Waals surface area contributed by atoms with Gasteiger partial charge >= 0.3 is 0 Å². The van der Waals surface area contributed by atoms with Crippen molar-refractivity contribution in [3.8, 4) is 0 Å². The Kier molecular flexibility index (Phi) is 6.14. The van der Waals surface area contributed by atoms with E-state index in [0.29, 0.717) is 15.9 Å². The van der Waals surface area contributed by atoms with Crippen molar-refractivity contribution in [2.45, 2.75) is 23.9 Å². The summed E-state index contributed by atoms with van der Waals surface area (Å²) in [5.41, 5.74) is 0.603. The number of hydrogen-bond donors (Lipinski definition) is 3. The van der Waals surface area contributed by atoms with Gasteiger partial charge in [0, 0.05) is 16.8 Å². The summed E-state index contributed by atoms with van der Waals surface area (Å²) < 4.78 is 0. The van der Waals surface area contributed by atoms with Crippen LogP contribution in [0.4, 0.5) is 5.82 Å². The van der Waals surface area contributed by atoms with E-state index in [1.807, 2.05) is 18.2 Å². The van der Waals surface area contributed by atoms with E-state index in [4.69, 9.17) is 28.3 Å². The van der Waals surface area contributed by atoms with E-state index < -0.39 is 5.56 Å². The number of rotatable bonds is 6. The quantitative estimate of drug-likeness (QED) is 0.545. The third-order valence-electron chi connectivity index (χ3n) is 2.76. The molecule has 0 aliphatic carbocycles. The van der Waals surface area contributed by atoms with Crippen molar-refractivity contribution in [2.24, 2.45) is 0 Å². The fraction of sp³-hybridized carbons (Fsp3) is 0.286. The average molecular weight is 360 g/mol. The molecule has 3 N–H and O–H groups in total. The molecule has 0 radical (unpaired) electrons. The van der Waals surface area contributed by atoms with E-state index in [1.165, 1.54) is 11.8 Å². The van der Waals surface area contributed by atoms with E-state index in [-0.39, 0.29) is 23.5 Å². The number of hydrogen-bond acceptors (Lipinski definition) is 5. The molecule has 0 saturated heterocycles. The third kappa shape index (κ3) is 4.64. The van der Waals surface area contributed by atoms with Gasteiger partial charge in [0.05, 0.1) is 6.61 Å². The molecule has 0 spiro atoms. The van der Waals surface area contributed by atoms with Crippen molar-refractivity contribution in [2.75, 3.05) is 11.9 Å². The minimum absolute atomic E-state index is 0.0209. The molecule has 0 aliphatic heterocycles. The number of benzene rings is 1. The van der Waals surface area contributed by atoms with Crippen LogP contribution in [-0.2, 0) is 5.75 Å². The molecular weight excluding hydrogens is 345 g/mol. The van der Waals surface area contributed by atoms with E-state index >= 15 is 0 Å². The fourth-order valence-corrected chi connectivity index (χ4v) is 2.82. The Morgan fingerprint density at radius 3 is 2.91 bits per heavy atom. The molecule has 1 heterocycles. The Labute approximate surface area is 142 Å². The van der Waals surface area contributed by atoms with E-state index in [9.17, 15) is 4.79 Å². The lowest BCUT2D eigenvalue weighted by Gasteiger charge is -2.13. The lowest BCUT2D eigenvalue weighted by molar-refractivity contribution is 0.281. The standard InChI is InChI=1S/C14H15Cl2N3O2S/c1-8(6-20)17-12-11(16)13(21)19-14(18-12)22-7-9-3-2-4-10(15)5-9/h2-5,8,20H,6-7H2,1H3,(H2,17,18,19,21)/t8-/m1/s1. The summed E-state index contributed by atoms with van der Waals surface area (Å²) in [7, 11) is 0. The van der Waals surface area contributed by atoms with Crippen LogP contribution < -0.4 is 10.9 Å². The highest BCUT2D eigenvalue weighted by atomic mass is 35.5. The van der Waals surface area contributed by atoms with Gasteiger partial charge in [-0.3, -0.25) is 4.79 Å². The second-order valence-corrected chi connectivity index (χ2v) is 6.46. The van der Waals surface area contributed by atoms with Gasteiger partial charge in [-0.1, -0.05) is 47.1 Å². The number of aromatic amines is 1. The molecule has 22 heavy (non-hydrogen) atoms. The molecule has 1 aromatic carbocycles. The van der Waals surface area contributed by atoms with Gasteiger partial charge in [-0.05, 0) is 24.6 Å². The molecule has 0 amide bonds. The molecule has 8 heteroatoms. The molecule has 0 bridgehead atoms. The van der Waals surface area contributed by atoms with E-state index in [2.05, 4.69) is 15.3 Å². The average Bonchev–Trinajstić information content (AvgIpc) is 2.50. The number of nitrogens with one attached hydrogen (secondary N) is 2. The van der Waals surface area contributed by atoms with Crippen molar-refractivity contribution < 1.29 is 5.11 Å². The van der Waals surface area contributed by atoms with Gasteiger partial charge in [0.2, 0.25) is 0 Å². The number of aliphatic hydroxyl groups excluding tert-OH is 1. The second kappa shape index (κ2) is 7.87. The molecule has 118 valence electrons. The predicted molar refractivity (Wildman–Crippen MR) is 91.1 cm³/mol. The summed E-state index contributed by atoms with van der Waals surface area (Å²) in [4.78, 5) is 18.7. The first-order valence-corrected chi connectivity index (χ1v) is 8.28. The fourth-order valence-electron chi connectivity index (χ4n) is 1.66. The van der Waals surface area contributed by atoms with Crippen LogP contribution in [0, 0.1) is 0 Å². The molecule has 1 atom stereocenters. The van der Waals surface area contributed by atoms with Crippen LogP contribution >= 0.6 is 35.0 Å². The Morgan fingerprint density at radius 1 is 1.45 bits per heavy atom. The highest BCUT2D eigenvalue weighted by Crippen LogP contribution is 2.23. The molecular formula is C14H15Cl2N3O2S. The summed E-state index contributed by atoms with van der Waals surface area (Å²) in [6.45, 7) is 1.67. The van der Waals surface area contributed by atoms with E-state index in [1.54, 1.807) is 13.0 Å². The number of aliphatic hydroxyl groups is 1. The van der Waals surface area contributed by atoms with Crippen molar-refractivity contribution in [3.05, 3.63) is 50.2 Å². The maximum atomic E-state index is 11.8. The van der Waals surface area contributed by atoms with Gasteiger partial charge in [-0.25, -0.2) is 4.98 Å². The topological polar surface area (TPSA) is 78.0 Å². The van der Waals surface area contributed by atoms with Crippen LogP contribution in [0.3, 0.4) is 0 Å². The first kappa shape index (κ1) is 17.1. The van der Waals surface area contributed by atoms with Crippen molar-refractivity contribution in [1.82, 2.24) is 9.97 Å². The summed E-state index contributed by atoms with van der Waals surface area (Å²) in [5, 5.41) is 13.1. The molecule has 0 aliphatic rings. The Balaban J connectivity index is 2.15. The number of anilines is 1. The minimum Gasteiger partial charge on any atom is -0.394 e. The first-order chi connectivity index (χ1) is 10.5. The predicted octanol–water partition coefficient (Wildman–Crippen LogP) is 3.16. The zero-order valence-corrected chi connectivity index (χ0v) is 14.1. The van der Waals surface area contributed by atoms with Crippen LogP contribution in [0.25, 0.3) is 0 Å². The maximum absolute atomic E-state index is 11.8. The van der Waals surface area contributed by atoms with Crippen LogP contribution in [0.1, 0.15) is 12.5 Å². The Hall–Kier alpha value is -1.21. The molecule has 0 unspecified atom stereocenters. The van der Waals surface area contributed by atoms with Crippen LogP contribution in [0.2, 0.25) is 10.0 Å². The maximum Gasteiger partial charge on any atom is 0.272 e. The Morgan fingerprint density at radius 2 is 2.23 bits per heavy atom. The van der Waals surface area contributed by atoms with Gasteiger partial charge in [0.25, 0.3) is 5.56 Å². The number of H-pyrrole nitrogens is 1. The number of aromatic nitrogens is 2. The summed E-state index contributed by atoms with van der Waals surface area (Å²) >= 11 is 13.2. The van der Waals surface area contributed by atoms with Crippen LogP contribution in [-0.4, -0.2) is 27.7 Å². The minimum atomic E-state index is -0.419. The molecule has 0 saturated carbocycles. The summed E-state index contributed by atoms with van der Waals surface area (Å²) in [6.07, 6.45) is 0. The lowest BCUT2D eigenvalue weighted by Crippen LogP contribution is -2.23. The molecule has 0 fully saturated rings. The smallest absolute Gasteiger partial charge is 0.272 e. The van der Waals surface area contributed by atoms with Crippen molar-refractivity contribution in [3.63, 3.8) is 0 Å². The monoisotopic (exact) mass is 359 g/mol. The number of thioether (sulfide) groups is 1. The second-order valence-electron chi connectivity index (χ2n) is 4.68. The van der Waals surface area contributed by atoms with Gasteiger partial charge in [-0.15, -0.1) is 0 Å². The van der Waals surface area contributed by atoms with E-state index in [0.717, 1.165) is 5.56 Å². The lowest BCUT2D eigenvalue weighted by atomic mass is 10.2. The highest BCUT2D eigenvalue weighted by molar-refractivity contribution is 7.98. The summed E-state index contributed by atoms with van der Waals surface area (Å²) in [5.74, 6) is 0.876. The first-order valence-electron chi connectivity index (χ1n) is 6.54. The molecule has 1 aromatic heterocycles. The molecule has 2 aromatic rings. The molecule has 2 rings (SSSR count). The largest absolute Gasteiger partial charge is 0.394 e. The SMILES string of the molecule is C[C@H](CO)Nc1nc(SCc2cccc(Cl)c2)[nH]c(=O)c1Cl. The van der Waals surface area contributed by atoms with Gasteiger partial charge in [0.15, 0.2) is 11.0 Å². The van der Waals surface area contributed by atoms with Crippen molar-refractivity contribution in [1.29, 1.82) is 0 Å². The summed E-state index contributed by atoms with van der Waals surface area (Å²) in [6, 6.07) is 7.22. The number of nitrogens with zero attached hydrogens (tertiary/aromatic N) is 1. The zero-order chi connectivity index (χ0) is 16.1. The zero-order valence-electron chi connectivity index (χ0n) is 11.8. The Bertz CT molecular complexity index is 709. The normalized spacial score (nSPS) is 12.2.